The second kappa shape index (κ2) is 16.4. The summed E-state index contributed by atoms with van der Waals surface area (Å²) < 4.78 is 21.1. The van der Waals surface area contributed by atoms with E-state index in [1.807, 2.05) is 12.1 Å². The van der Waals surface area contributed by atoms with Crippen LogP contribution in [0.25, 0.3) is 21.5 Å². The van der Waals surface area contributed by atoms with Gasteiger partial charge in [0.15, 0.2) is 0 Å². The molecule has 3 amide bonds. The number of carbonyl (C=O) groups excluding carboxylic acids is 4. The second-order valence-electron chi connectivity index (χ2n) is 17.1. The Balaban J connectivity index is 0.838. The number of unbranched alkanes of at least 4 members (excludes halogenated alkanes) is 2. The third-order valence-electron chi connectivity index (χ3n) is 13.0. The van der Waals surface area contributed by atoms with Crippen molar-refractivity contribution in [2.45, 2.75) is 58.0 Å². The number of nitrogens with zero attached hydrogens (tertiary/aromatic N) is 9. The molecule has 0 atom stereocenters. The maximum Gasteiger partial charge on any atom is 0.407 e. The molecule has 7 aliphatic heterocycles. The second-order valence-corrected chi connectivity index (χ2v) is 17.1. The molecule has 9 heterocycles. The van der Waals surface area contributed by atoms with E-state index in [1.165, 1.54) is 0 Å². The van der Waals surface area contributed by atoms with Crippen molar-refractivity contribution in [3.63, 3.8) is 0 Å². The molecule has 67 heavy (non-hydrogen) atoms. The van der Waals surface area contributed by atoms with Crippen LogP contribution in [0.3, 0.4) is 0 Å². The van der Waals surface area contributed by atoms with Crippen LogP contribution < -0.4 is 21.0 Å². The number of fused-ring (bicyclic) bond motifs is 6. The first-order valence-electron chi connectivity index (χ1n) is 22.9. The topological polar surface area (TPSA) is 177 Å². The Hall–Kier alpha value is -8.08. The highest BCUT2D eigenvalue weighted by molar-refractivity contribution is 6.19. The molecule has 17 heteroatoms. The van der Waals surface area contributed by atoms with Gasteiger partial charge in [0.05, 0.1) is 29.9 Å². The van der Waals surface area contributed by atoms with Crippen molar-refractivity contribution in [2.24, 2.45) is 20.0 Å². The van der Waals surface area contributed by atoms with Gasteiger partial charge in [-0.3, -0.25) is 18.7 Å². The van der Waals surface area contributed by atoms with Crippen LogP contribution in [0.2, 0.25) is 0 Å². The number of amidine groups is 4. The van der Waals surface area contributed by atoms with Crippen LogP contribution in [-0.4, -0.2) is 103 Å². The predicted octanol–water partition coefficient (Wildman–Crippen LogP) is 4.94. The van der Waals surface area contributed by atoms with Crippen molar-refractivity contribution in [3.05, 3.63) is 124 Å². The summed E-state index contributed by atoms with van der Waals surface area (Å²) in [6, 6.07) is 31.2. The highest BCUT2D eigenvalue weighted by Crippen LogP contribution is 2.41. The number of carbonyl (C=O) groups is 4. The van der Waals surface area contributed by atoms with E-state index in [9.17, 15) is 19.2 Å². The highest BCUT2D eigenvalue weighted by Gasteiger charge is 2.43. The average Bonchev–Trinajstić information content (AvgIpc) is 4.07. The fourth-order valence-corrected chi connectivity index (χ4v) is 9.87. The molecule has 6 aromatic rings. The molecule has 0 spiro atoms. The van der Waals surface area contributed by atoms with E-state index in [4.69, 9.17) is 34.3 Å². The summed E-state index contributed by atoms with van der Waals surface area (Å²) in [5, 5.41) is 7.34. The van der Waals surface area contributed by atoms with Crippen LogP contribution in [0.1, 0.15) is 67.2 Å². The van der Waals surface area contributed by atoms with Gasteiger partial charge in [-0.1, -0.05) is 68.9 Å². The van der Waals surface area contributed by atoms with E-state index >= 15 is 0 Å². The number of aromatic nitrogens is 2. The molecular weight excluding hydrogens is 853 g/mol. The Morgan fingerprint density at radius 1 is 0.612 bits per heavy atom. The maximum atomic E-state index is 12.6. The summed E-state index contributed by atoms with van der Waals surface area (Å²) in [7, 11) is 0. The lowest BCUT2D eigenvalue weighted by molar-refractivity contribution is -0.484. The summed E-state index contributed by atoms with van der Waals surface area (Å²) >= 11 is 0. The molecule has 12 bridgehead atoms. The lowest BCUT2D eigenvalue weighted by Gasteiger charge is -2.12. The van der Waals surface area contributed by atoms with Crippen LogP contribution in [0.15, 0.2) is 111 Å². The number of imide groups is 1. The fraction of sp³-hybridized carbons (Fsp3) is 0.280. The van der Waals surface area contributed by atoms with Crippen molar-refractivity contribution >= 4 is 80.4 Å². The van der Waals surface area contributed by atoms with Crippen LogP contribution in [0, 0.1) is 0 Å². The van der Waals surface area contributed by atoms with Crippen molar-refractivity contribution in [3.8, 4) is 5.75 Å². The Kier molecular flexibility index (Phi) is 9.91. The minimum atomic E-state index is -0.634. The SMILES string of the molecule is O=C(CCCCCNC(=O)OCCCOc1cccc2c1C1=Nc3c4ccccc4c4n3CCn3c5c6ccccc6c3=NC2=[N+]1CC[N+]1=C(N=5)c2ccccc2C1=N4)ON1C(=O)CCC1=O. The quantitative estimate of drug-likeness (QED) is 0.103. The standard InChI is InChI=1S/C50H43N10O7/c61-38-21-22-39(62)60(38)67-40(63)20-2-1-9-23-51-50(64)66-29-11-28-65-37-19-10-18-36-41(37)49-55-47-35-17-8-7-16-34(35)45-53-44-31-13-4-3-12-30(31)43-52-42-32-14-5-6-15-33(32)46(56(42)24-25-58(45)47)54-48(36)59(49)27-26-57(43)44/h3-8,10,12-19H,1-2,9,11,20-29H2/q+1/p+1. The third-order valence-corrected chi connectivity index (χ3v) is 13.0. The minimum Gasteiger partial charge on any atom is -0.493 e. The highest BCUT2D eigenvalue weighted by atomic mass is 16.7. The summed E-state index contributed by atoms with van der Waals surface area (Å²) in [6.07, 6.45) is 1.78. The number of hydrogen-bond acceptors (Lipinski definition) is 11. The van der Waals surface area contributed by atoms with Gasteiger partial charge in [-0.2, -0.15) is 0 Å². The molecule has 0 saturated carbocycles. The van der Waals surface area contributed by atoms with Gasteiger partial charge in [0, 0.05) is 66.9 Å². The number of aliphatic imine (C=N–C) groups is 2. The molecular formula is C50H44N10O7+2. The summed E-state index contributed by atoms with van der Waals surface area (Å²) in [6.45, 7) is 2.98. The van der Waals surface area contributed by atoms with Gasteiger partial charge >= 0.3 is 12.1 Å². The first-order chi connectivity index (χ1) is 32.9. The van der Waals surface area contributed by atoms with Gasteiger partial charge in [-0.05, 0) is 61.4 Å². The first kappa shape index (κ1) is 40.4. The normalized spacial score (nSPS) is 16.3. The molecule has 17 nitrogen and oxygen atoms in total. The van der Waals surface area contributed by atoms with Gasteiger partial charge < -0.3 is 19.6 Å². The number of rotatable bonds is 12. The zero-order valence-corrected chi connectivity index (χ0v) is 36.4. The predicted molar refractivity (Wildman–Crippen MR) is 245 cm³/mol. The summed E-state index contributed by atoms with van der Waals surface area (Å²) in [5.74, 6) is 3.83. The van der Waals surface area contributed by atoms with Gasteiger partial charge in [-0.25, -0.2) is 18.7 Å². The zero-order chi connectivity index (χ0) is 45.2. The summed E-state index contributed by atoms with van der Waals surface area (Å²) in [5.41, 5.74) is 5.47. The largest absolute Gasteiger partial charge is 0.493 e. The number of hydroxylamine groups is 2. The van der Waals surface area contributed by atoms with E-state index in [2.05, 4.69) is 102 Å². The van der Waals surface area contributed by atoms with E-state index in [0.717, 1.165) is 89.8 Å². The fourth-order valence-electron chi connectivity index (χ4n) is 9.87. The molecule has 0 unspecified atom stereocenters. The Labute approximate surface area is 382 Å². The van der Waals surface area contributed by atoms with E-state index in [1.54, 1.807) is 0 Å². The zero-order valence-electron chi connectivity index (χ0n) is 36.4. The molecule has 0 radical (unpaired) electrons. The van der Waals surface area contributed by atoms with E-state index in [-0.39, 0.29) is 32.5 Å². The van der Waals surface area contributed by atoms with Gasteiger partial charge in [0.1, 0.15) is 24.4 Å². The van der Waals surface area contributed by atoms with E-state index < -0.39 is 23.9 Å². The lowest BCUT2D eigenvalue weighted by atomic mass is 10.1. The number of hydrogen-bond donors (Lipinski definition) is 1. The number of amides is 3. The number of benzene rings is 4. The van der Waals surface area contributed by atoms with Crippen LogP contribution in [-0.2, 0) is 37.0 Å². The molecule has 1 saturated heterocycles. The minimum absolute atomic E-state index is 0.0511. The molecule has 1 fully saturated rings. The lowest BCUT2D eigenvalue weighted by Crippen LogP contribution is -2.32. The van der Waals surface area contributed by atoms with Crippen molar-refractivity contribution in [1.82, 2.24) is 19.5 Å². The molecule has 1 N–H and O–H groups in total. The van der Waals surface area contributed by atoms with Crippen molar-refractivity contribution in [1.29, 1.82) is 0 Å². The molecule has 334 valence electrons. The monoisotopic (exact) mass is 896 g/mol. The molecule has 0 aliphatic carbocycles. The van der Waals surface area contributed by atoms with Gasteiger partial charge in [0.2, 0.25) is 22.6 Å². The molecule has 13 rings (SSSR count). The average molecular weight is 897 g/mol. The van der Waals surface area contributed by atoms with Crippen LogP contribution in [0.5, 0.6) is 5.75 Å². The maximum absolute atomic E-state index is 12.6. The Bertz CT molecular complexity index is 3410. The first-order valence-corrected chi connectivity index (χ1v) is 22.9. The number of alkyl carbamates (subject to hydrolysis) is 1. The number of nitrogens with one attached hydrogen (secondary N) is 1. The van der Waals surface area contributed by atoms with Crippen LogP contribution in [0.4, 0.5) is 16.4 Å². The Morgan fingerprint density at radius 3 is 1.96 bits per heavy atom. The van der Waals surface area contributed by atoms with Gasteiger partial charge in [0.25, 0.3) is 35.2 Å². The van der Waals surface area contributed by atoms with Crippen LogP contribution >= 0.6 is 0 Å². The Morgan fingerprint density at radius 2 is 1.22 bits per heavy atom. The smallest absolute Gasteiger partial charge is 0.407 e. The molecule has 4 aromatic carbocycles. The van der Waals surface area contributed by atoms with Crippen molar-refractivity contribution < 1.29 is 42.6 Å². The summed E-state index contributed by atoms with van der Waals surface area (Å²) in [4.78, 5) is 75.3. The van der Waals surface area contributed by atoms with E-state index in [0.29, 0.717) is 69.2 Å². The number of ether oxygens (including phenoxy) is 2. The third kappa shape index (κ3) is 6.82. The van der Waals surface area contributed by atoms with Gasteiger partial charge in [-0.15, -0.1) is 5.06 Å². The molecule has 7 aliphatic rings. The van der Waals surface area contributed by atoms with Crippen molar-refractivity contribution in [2.75, 3.05) is 32.8 Å². The molecule has 2 aromatic heterocycles.